The summed E-state index contributed by atoms with van der Waals surface area (Å²) in [7, 11) is 0. The lowest BCUT2D eigenvalue weighted by Gasteiger charge is -2.26. The maximum atomic E-state index is 13.1. The van der Waals surface area contributed by atoms with Crippen molar-refractivity contribution in [3.63, 3.8) is 0 Å². The summed E-state index contributed by atoms with van der Waals surface area (Å²) in [5.41, 5.74) is 2.17. The largest absolute Gasteiger partial charge is 0.423 e. The Morgan fingerprint density at radius 2 is 1.83 bits per heavy atom. The van der Waals surface area contributed by atoms with Crippen LogP contribution >= 0.6 is 0 Å². The van der Waals surface area contributed by atoms with E-state index in [0.717, 1.165) is 43.7 Å². The molecule has 1 aliphatic heterocycles. The molecule has 1 fully saturated rings. The maximum absolute atomic E-state index is 13.1. The fourth-order valence-electron chi connectivity index (χ4n) is 3.75. The van der Waals surface area contributed by atoms with Crippen LogP contribution < -0.4 is 4.90 Å². The molecule has 5 nitrogen and oxygen atoms in total. The summed E-state index contributed by atoms with van der Waals surface area (Å²) >= 11 is 0. The van der Waals surface area contributed by atoms with E-state index in [2.05, 4.69) is 28.4 Å². The van der Waals surface area contributed by atoms with Crippen molar-refractivity contribution in [2.24, 2.45) is 5.92 Å². The number of nitrogens with zero attached hydrogens (tertiary/aromatic N) is 3. The van der Waals surface area contributed by atoms with Gasteiger partial charge in [0.2, 0.25) is 17.7 Å². The van der Waals surface area contributed by atoms with Crippen molar-refractivity contribution in [1.82, 2.24) is 10.2 Å². The Labute approximate surface area is 140 Å². The number of allylic oxidation sites excluding steroid dienone is 2. The third-order valence-electron chi connectivity index (χ3n) is 5.24. The van der Waals surface area contributed by atoms with E-state index in [1.807, 2.05) is 23.1 Å². The van der Waals surface area contributed by atoms with Crippen molar-refractivity contribution in [3.05, 3.63) is 53.8 Å². The lowest BCUT2D eigenvalue weighted by atomic mass is 10.0. The monoisotopic (exact) mass is 321 g/mol. The second-order valence-electron chi connectivity index (χ2n) is 6.95. The molecule has 2 aliphatic carbocycles. The smallest absolute Gasteiger partial charge is 0.239 e. The average Bonchev–Trinajstić information content (AvgIpc) is 3.07. The summed E-state index contributed by atoms with van der Waals surface area (Å²) in [4.78, 5) is 15.0. The highest BCUT2D eigenvalue weighted by atomic mass is 16.4. The van der Waals surface area contributed by atoms with E-state index in [1.165, 1.54) is 5.56 Å². The molecule has 1 atom stereocenters. The van der Waals surface area contributed by atoms with Crippen molar-refractivity contribution in [1.29, 1.82) is 0 Å². The zero-order valence-corrected chi connectivity index (χ0v) is 13.4. The first-order valence-electron chi connectivity index (χ1n) is 8.70. The van der Waals surface area contributed by atoms with Crippen LogP contribution in [0.1, 0.15) is 55.0 Å². The molecule has 1 aromatic carbocycles. The molecular weight excluding hydrogens is 302 g/mol. The maximum Gasteiger partial charge on any atom is 0.239 e. The number of anilines is 1. The van der Waals surface area contributed by atoms with Crippen LogP contribution in [0.4, 0.5) is 5.69 Å². The number of para-hydroxylation sites is 1. The molecule has 2 heterocycles. The van der Waals surface area contributed by atoms with E-state index in [9.17, 15) is 4.79 Å². The van der Waals surface area contributed by atoms with Gasteiger partial charge in [-0.25, -0.2) is 0 Å². The Morgan fingerprint density at radius 1 is 1.08 bits per heavy atom. The van der Waals surface area contributed by atoms with Crippen molar-refractivity contribution < 1.29 is 9.21 Å². The van der Waals surface area contributed by atoms with Gasteiger partial charge in [0, 0.05) is 23.9 Å². The molecule has 1 saturated carbocycles. The minimum absolute atomic E-state index is 0.0319. The predicted octanol–water partition coefficient (Wildman–Crippen LogP) is 3.54. The topological polar surface area (TPSA) is 59.2 Å². The van der Waals surface area contributed by atoms with Gasteiger partial charge in [0.15, 0.2) is 0 Å². The van der Waals surface area contributed by atoms with Gasteiger partial charge in [-0.2, -0.15) is 0 Å². The predicted molar refractivity (Wildman–Crippen MR) is 88.5 cm³/mol. The molecule has 0 spiro atoms. The van der Waals surface area contributed by atoms with E-state index in [-0.39, 0.29) is 17.9 Å². The Kier molecular flexibility index (Phi) is 3.08. The van der Waals surface area contributed by atoms with Gasteiger partial charge in [0.05, 0.1) is 0 Å². The van der Waals surface area contributed by atoms with Crippen LogP contribution in [0.5, 0.6) is 0 Å². The Hall–Kier alpha value is -2.43. The molecule has 1 amide bonds. The van der Waals surface area contributed by atoms with Crippen LogP contribution in [-0.2, 0) is 11.2 Å². The number of carbonyl (C=O) groups excluding carboxylic acids is 1. The lowest BCUT2D eigenvalue weighted by molar-refractivity contribution is -0.122. The minimum Gasteiger partial charge on any atom is -0.423 e. The van der Waals surface area contributed by atoms with E-state index in [0.29, 0.717) is 11.8 Å². The highest BCUT2D eigenvalue weighted by Gasteiger charge is 2.41. The van der Waals surface area contributed by atoms with Crippen LogP contribution in [0.3, 0.4) is 0 Å². The quantitative estimate of drug-likeness (QED) is 0.811. The molecule has 5 heteroatoms. The van der Waals surface area contributed by atoms with Gasteiger partial charge >= 0.3 is 0 Å². The number of rotatable bonds is 3. The molecule has 3 aliphatic rings. The van der Waals surface area contributed by atoms with Crippen molar-refractivity contribution >= 4 is 11.6 Å². The number of amides is 1. The summed E-state index contributed by atoms with van der Waals surface area (Å²) in [6.07, 6.45) is 8.83. The number of carbonyl (C=O) groups is 1. The van der Waals surface area contributed by atoms with Crippen molar-refractivity contribution in [2.75, 3.05) is 4.90 Å². The zero-order valence-electron chi connectivity index (χ0n) is 13.4. The standard InChI is InChI=1S/C19H19N3O2/c23-19(13-5-1-2-6-13)22-15-8-4-3-7-14(15)11-16(22)18-21-20-17(24-18)12-9-10-12/h1-4,7-8,12-13,16H,5-6,9-11H2. The van der Waals surface area contributed by atoms with E-state index < -0.39 is 0 Å². The second-order valence-corrected chi connectivity index (χ2v) is 6.95. The Morgan fingerprint density at radius 3 is 2.62 bits per heavy atom. The zero-order chi connectivity index (χ0) is 16.1. The highest BCUT2D eigenvalue weighted by molar-refractivity contribution is 5.98. The fourth-order valence-corrected chi connectivity index (χ4v) is 3.75. The van der Waals surface area contributed by atoms with Crippen LogP contribution in [0.25, 0.3) is 0 Å². The second kappa shape index (κ2) is 5.30. The van der Waals surface area contributed by atoms with E-state index >= 15 is 0 Å². The first kappa shape index (κ1) is 14.0. The van der Waals surface area contributed by atoms with Gasteiger partial charge < -0.3 is 4.42 Å². The molecule has 0 bridgehead atoms. The molecule has 24 heavy (non-hydrogen) atoms. The summed E-state index contributed by atoms with van der Waals surface area (Å²) < 4.78 is 5.93. The first-order chi connectivity index (χ1) is 11.8. The van der Waals surface area contributed by atoms with Gasteiger partial charge in [-0.3, -0.25) is 9.69 Å². The third-order valence-corrected chi connectivity index (χ3v) is 5.24. The number of benzene rings is 1. The third kappa shape index (κ3) is 2.19. The van der Waals surface area contributed by atoms with Crippen molar-refractivity contribution in [2.45, 2.75) is 44.1 Å². The molecule has 5 rings (SSSR count). The van der Waals surface area contributed by atoms with Crippen LogP contribution in [-0.4, -0.2) is 16.1 Å². The molecule has 1 aromatic heterocycles. The minimum atomic E-state index is -0.171. The van der Waals surface area contributed by atoms with Gasteiger partial charge in [-0.15, -0.1) is 10.2 Å². The lowest BCUT2D eigenvalue weighted by Crippen LogP contribution is -2.36. The summed E-state index contributed by atoms with van der Waals surface area (Å²) in [6, 6.07) is 7.94. The summed E-state index contributed by atoms with van der Waals surface area (Å²) in [5, 5.41) is 8.49. The molecular formula is C19H19N3O2. The number of hydrogen-bond acceptors (Lipinski definition) is 4. The van der Waals surface area contributed by atoms with Gasteiger partial charge in [0.1, 0.15) is 6.04 Å². The van der Waals surface area contributed by atoms with E-state index in [1.54, 1.807) is 0 Å². The fraction of sp³-hybridized carbons (Fsp3) is 0.421. The van der Waals surface area contributed by atoms with Crippen LogP contribution in [0, 0.1) is 5.92 Å². The molecule has 0 saturated heterocycles. The van der Waals surface area contributed by atoms with Crippen molar-refractivity contribution in [3.8, 4) is 0 Å². The molecule has 2 aromatic rings. The van der Waals surface area contributed by atoms with Gasteiger partial charge in [-0.1, -0.05) is 30.4 Å². The molecule has 0 radical (unpaired) electrons. The SMILES string of the molecule is O=C(C1CC=CC1)N1c2ccccc2CC1c1nnc(C2CC2)o1. The first-order valence-corrected chi connectivity index (χ1v) is 8.70. The molecule has 122 valence electrons. The van der Waals surface area contributed by atoms with Crippen LogP contribution in [0.15, 0.2) is 40.8 Å². The Balaban J connectivity index is 1.51. The normalized spacial score (nSPS) is 23.0. The highest BCUT2D eigenvalue weighted by Crippen LogP contribution is 2.44. The van der Waals surface area contributed by atoms with Gasteiger partial charge in [-0.05, 0) is 37.3 Å². The van der Waals surface area contributed by atoms with Crippen LogP contribution in [0.2, 0.25) is 0 Å². The summed E-state index contributed by atoms with van der Waals surface area (Å²) in [6.45, 7) is 0. The van der Waals surface area contributed by atoms with E-state index in [4.69, 9.17) is 4.42 Å². The average molecular weight is 321 g/mol. The van der Waals surface area contributed by atoms with Gasteiger partial charge in [0.25, 0.3) is 0 Å². The number of fused-ring (bicyclic) bond motifs is 1. The number of aromatic nitrogens is 2. The number of hydrogen-bond donors (Lipinski definition) is 0. The molecule has 0 N–H and O–H groups in total. The summed E-state index contributed by atoms with van der Waals surface area (Å²) in [5.74, 6) is 1.94. The Bertz CT molecular complexity index is 814. The molecule has 1 unspecified atom stereocenters.